The van der Waals surface area contributed by atoms with Gasteiger partial charge in [-0.25, -0.2) is 0 Å². The minimum atomic E-state index is 0.847. The molecule has 3 fully saturated rings. The first-order valence-electron chi connectivity index (χ1n) is 4.75. The van der Waals surface area contributed by atoms with E-state index >= 15 is 0 Å². The van der Waals surface area contributed by atoms with Crippen LogP contribution in [0.1, 0.15) is 25.7 Å². The highest BCUT2D eigenvalue weighted by atomic mass is 15.2. The fourth-order valence-corrected chi connectivity index (χ4v) is 2.53. The van der Waals surface area contributed by atoms with Gasteiger partial charge in [-0.2, -0.15) is 0 Å². The molecule has 1 heteroatoms. The highest BCUT2D eigenvalue weighted by Gasteiger charge is 2.32. The molecule has 0 spiro atoms. The maximum atomic E-state index is 3.81. The zero-order valence-electron chi connectivity index (χ0n) is 7.13. The van der Waals surface area contributed by atoms with Crippen molar-refractivity contribution in [1.29, 1.82) is 0 Å². The number of fused-ring (bicyclic) bond motifs is 3. The van der Waals surface area contributed by atoms with Crippen LogP contribution in [-0.4, -0.2) is 24.0 Å². The fraction of sp³-hybridized carbons (Fsp3) is 0.800. The molecule has 62 valence electrons. The van der Waals surface area contributed by atoms with Crippen molar-refractivity contribution in [3.05, 3.63) is 12.7 Å². The van der Waals surface area contributed by atoms with Gasteiger partial charge >= 0.3 is 0 Å². The van der Waals surface area contributed by atoms with E-state index in [-0.39, 0.29) is 0 Å². The van der Waals surface area contributed by atoms with Gasteiger partial charge in [-0.1, -0.05) is 6.08 Å². The van der Waals surface area contributed by atoms with Gasteiger partial charge in [-0.15, -0.1) is 6.58 Å². The number of piperidine rings is 3. The van der Waals surface area contributed by atoms with E-state index in [1.54, 1.807) is 0 Å². The lowest BCUT2D eigenvalue weighted by Crippen LogP contribution is -2.48. The third kappa shape index (κ3) is 1.34. The predicted molar refractivity (Wildman–Crippen MR) is 47.5 cm³/mol. The van der Waals surface area contributed by atoms with E-state index < -0.39 is 0 Å². The first-order chi connectivity index (χ1) is 5.40. The summed E-state index contributed by atoms with van der Waals surface area (Å²) in [4.78, 5) is 2.64. The zero-order valence-corrected chi connectivity index (χ0v) is 7.13. The second-order valence-corrected chi connectivity index (χ2v) is 3.89. The third-order valence-corrected chi connectivity index (χ3v) is 3.21. The maximum Gasteiger partial charge on any atom is 0.0132 e. The molecule has 3 aliphatic heterocycles. The Hall–Kier alpha value is -0.300. The molecular weight excluding hydrogens is 134 g/mol. The lowest BCUT2D eigenvalue weighted by Gasteiger charge is -2.45. The SMILES string of the molecule is C=CCC1CC2CCN1CC2. The molecule has 0 N–H and O–H groups in total. The van der Waals surface area contributed by atoms with Crippen LogP contribution in [0.4, 0.5) is 0 Å². The topological polar surface area (TPSA) is 3.24 Å². The summed E-state index contributed by atoms with van der Waals surface area (Å²) in [7, 11) is 0. The Labute approximate surface area is 69.1 Å². The van der Waals surface area contributed by atoms with Crippen molar-refractivity contribution in [2.24, 2.45) is 5.92 Å². The molecule has 1 atom stereocenters. The first kappa shape index (κ1) is 7.35. The standard InChI is InChI=1S/C10H17N/c1-2-3-10-8-9-4-6-11(10)7-5-9/h2,9-10H,1,3-8H2. The van der Waals surface area contributed by atoms with Crippen LogP contribution in [0.3, 0.4) is 0 Å². The Bertz CT molecular complexity index is 145. The summed E-state index contributed by atoms with van der Waals surface area (Å²) >= 11 is 0. The van der Waals surface area contributed by atoms with E-state index in [0.29, 0.717) is 0 Å². The van der Waals surface area contributed by atoms with Crippen LogP contribution in [0, 0.1) is 5.92 Å². The number of rotatable bonds is 2. The fourth-order valence-electron chi connectivity index (χ4n) is 2.53. The lowest BCUT2D eigenvalue weighted by molar-refractivity contribution is 0.0512. The summed E-state index contributed by atoms with van der Waals surface area (Å²) in [6.07, 6.45) is 7.62. The van der Waals surface area contributed by atoms with Gasteiger partial charge in [0.05, 0.1) is 0 Å². The van der Waals surface area contributed by atoms with Crippen molar-refractivity contribution >= 4 is 0 Å². The highest BCUT2D eigenvalue weighted by Crippen LogP contribution is 2.32. The molecule has 0 aromatic carbocycles. The average Bonchev–Trinajstić information content (AvgIpc) is 2.07. The second-order valence-electron chi connectivity index (χ2n) is 3.89. The van der Waals surface area contributed by atoms with Gasteiger partial charge in [0.1, 0.15) is 0 Å². The van der Waals surface area contributed by atoms with E-state index in [1.807, 2.05) is 0 Å². The summed E-state index contributed by atoms with van der Waals surface area (Å²) in [6, 6.07) is 0.847. The normalized spacial score (nSPS) is 42.4. The monoisotopic (exact) mass is 151 g/mol. The highest BCUT2D eigenvalue weighted by molar-refractivity contribution is 4.90. The molecule has 3 saturated heterocycles. The van der Waals surface area contributed by atoms with Crippen molar-refractivity contribution in [3.63, 3.8) is 0 Å². The molecule has 2 bridgehead atoms. The molecule has 0 radical (unpaired) electrons. The number of nitrogens with zero attached hydrogens (tertiary/aromatic N) is 1. The predicted octanol–water partition coefficient (Wildman–Crippen LogP) is 2.05. The van der Waals surface area contributed by atoms with Gasteiger partial charge in [0.2, 0.25) is 0 Å². The van der Waals surface area contributed by atoms with Crippen molar-refractivity contribution in [2.45, 2.75) is 31.7 Å². The summed E-state index contributed by atoms with van der Waals surface area (Å²) < 4.78 is 0. The van der Waals surface area contributed by atoms with Gasteiger partial charge < -0.3 is 4.90 Å². The van der Waals surface area contributed by atoms with Gasteiger partial charge in [-0.3, -0.25) is 0 Å². The molecule has 0 aromatic heterocycles. The quantitative estimate of drug-likeness (QED) is 0.546. The Kier molecular flexibility index (Phi) is 1.99. The van der Waals surface area contributed by atoms with Crippen molar-refractivity contribution < 1.29 is 0 Å². The molecule has 1 nitrogen and oxygen atoms in total. The Morgan fingerprint density at radius 2 is 2.09 bits per heavy atom. The summed E-state index contributed by atoms with van der Waals surface area (Å²) in [5.74, 6) is 1.05. The minimum absolute atomic E-state index is 0.847. The molecular formula is C10H17N. The van der Waals surface area contributed by atoms with Crippen molar-refractivity contribution in [2.75, 3.05) is 13.1 Å². The summed E-state index contributed by atoms with van der Waals surface area (Å²) in [6.45, 7) is 6.51. The second kappa shape index (κ2) is 2.98. The molecule has 0 aliphatic carbocycles. The van der Waals surface area contributed by atoms with Crippen molar-refractivity contribution in [3.8, 4) is 0 Å². The van der Waals surface area contributed by atoms with Gasteiger partial charge in [0.15, 0.2) is 0 Å². The summed E-state index contributed by atoms with van der Waals surface area (Å²) in [5, 5.41) is 0. The first-order valence-corrected chi connectivity index (χ1v) is 4.75. The number of hydrogen-bond acceptors (Lipinski definition) is 1. The van der Waals surface area contributed by atoms with Crippen LogP contribution in [0.2, 0.25) is 0 Å². The minimum Gasteiger partial charge on any atom is -0.300 e. The van der Waals surface area contributed by atoms with E-state index in [1.165, 1.54) is 38.8 Å². The average molecular weight is 151 g/mol. The summed E-state index contributed by atoms with van der Waals surface area (Å²) in [5.41, 5.74) is 0. The molecule has 0 aromatic rings. The van der Waals surface area contributed by atoms with Crippen LogP contribution in [0.25, 0.3) is 0 Å². The van der Waals surface area contributed by atoms with Crippen LogP contribution >= 0.6 is 0 Å². The van der Waals surface area contributed by atoms with Crippen LogP contribution in [0.5, 0.6) is 0 Å². The molecule has 11 heavy (non-hydrogen) atoms. The third-order valence-electron chi connectivity index (χ3n) is 3.21. The molecule has 1 unspecified atom stereocenters. The van der Waals surface area contributed by atoms with Gasteiger partial charge in [0, 0.05) is 6.04 Å². The molecule has 0 amide bonds. The maximum absolute atomic E-state index is 3.81. The lowest BCUT2D eigenvalue weighted by atomic mass is 9.82. The van der Waals surface area contributed by atoms with E-state index in [2.05, 4.69) is 17.6 Å². The van der Waals surface area contributed by atoms with Gasteiger partial charge in [0.25, 0.3) is 0 Å². The van der Waals surface area contributed by atoms with Gasteiger partial charge in [-0.05, 0) is 44.7 Å². The largest absolute Gasteiger partial charge is 0.300 e. The molecule has 3 aliphatic rings. The Morgan fingerprint density at radius 3 is 2.55 bits per heavy atom. The van der Waals surface area contributed by atoms with E-state index in [4.69, 9.17) is 0 Å². The van der Waals surface area contributed by atoms with E-state index in [9.17, 15) is 0 Å². The van der Waals surface area contributed by atoms with Crippen LogP contribution < -0.4 is 0 Å². The van der Waals surface area contributed by atoms with Crippen molar-refractivity contribution in [1.82, 2.24) is 4.90 Å². The Morgan fingerprint density at radius 1 is 1.36 bits per heavy atom. The van der Waals surface area contributed by atoms with Crippen LogP contribution in [0.15, 0.2) is 12.7 Å². The zero-order chi connectivity index (χ0) is 7.68. The molecule has 3 rings (SSSR count). The van der Waals surface area contributed by atoms with Crippen LogP contribution in [-0.2, 0) is 0 Å². The molecule has 0 saturated carbocycles. The Balaban J connectivity index is 1.97. The smallest absolute Gasteiger partial charge is 0.0132 e. The number of hydrogen-bond donors (Lipinski definition) is 0. The molecule has 3 heterocycles. The van der Waals surface area contributed by atoms with E-state index in [0.717, 1.165) is 12.0 Å².